The summed E-state index contributed by atoms with van der Waals surface area (Å²) in [5.74, 6) is -1.17. The summed E-state index contributed by atoms with van der Waals surface area (Å²) in [4.78, 5) is 23.5. The molecule has 1 aromatic heterocycles. The summed E-state index contributed by atoms with van der Waals surface area (Å²) in [6.45, 7) is 4.55. The average Bonchev–Trinajstić information content (AvgIpc) is 3.04. The van der Waals surface area contributed by atoms with Gasteiger partial charge in [-0.3, -0.25) is 9.48 Å². The van der Waals surface area contributed by atoms with E-state index in [-0.39, 0.29) is 0 Å². The van der Waals surface area contributed by atoms with Gasteiger partial charge in [0, 0.05) is 6.20 Å². The van der Waals surface area contributed by atoms with Crippen LogP contribution in [-0.4, -0.2) is 32.9 Å². The lowest BCUT2D eigenvalue weighted by atomic mass is 10.1. The van der Waals surface area contributed by atoms with Crippen molar-refractivity contribution in [1.29, 1.82) is 5.26 Å². The van der Waals surface area contributed by atoms with Crippen molar-refractivity contribution in [2.75, 3.05) is 5.32 Å². The lowest BCUT2D eigenvalue weighted by Gasteiger charge is -2.19. The number of carbonyl (C=O) groups excluding carboxylic acids is 1. The first-order chi connectivity index (χ1) is 11.8. The molecule has 1 unspecified atom stereocenters. The summed E-state index contributed by atoms with van der Waals surface area (Å²) in [7, 11) is 0. The number of aliphatic carboxylic acids is 1. The minimum absolute atomic E-state index is 0.315. The molecular formula is C17H18N4O4. The van der Waals surface area contributed by atoms with Crippen LogP contribution in [0.4, 0.5) is 5.69 Å². The number of aromatic nitrogens is 2. The lowest BCUT2D eigenvalue weighted by molar-refractivity contribution is -0.146. The van der Waals surface area contributed by atoms with Crippen LogP contribution in [0.25, 0.3) is 0 Å². The highest BCUT2D eigenvalue weighted by atomic mass is 16.5. The van der Waals surface area contributed by atoms with Crippen LogP contribution in [0.15, 0.2) is 36.7 Å². The normalized spacial score (nSPS) is 12.1. The van der Waals surface area contributed by atoms with E-state index in [0.717, 1.165) is 0 Å². The van der Waals surface area contributed by atoms with E-state index in [1.165, 1.54) is 30.9 Å². The van der Waals surface area contributed by atoms with E-state index in [9.17, 15) is 14.7 Å². The number of hydrogen-bond acceptors (Lipinski definition) is 5. The molecule has 1 aromatic carbocycles. The lowest BCUT2D eigenvalue weighted by Crippen LogP contribution is -2.36. The van der Waals surface area contributed by atoms with Crippen molar-refractivity contribution in [2.45, 2.75) is 32.4 Å². The van der Waals surface area contributed by atoms with Crippen LogP contribution in [0.1, 0.15) is 26.3 Å². The number of amides is 1. The van der Waals surface area contributed by atoms with Crippen LogP contribution in [0.2, 0.25) is 0 Å². The third-order valence-electron chi connectivity index (χ3n) is 3.63. The van der Waals surface area contributed by atoms with Crippen molar-refractivity contribution in [2.24, 2.45) is 0 Å². The molecule has 2 aromatic rings. The third kappa shape index (κ3) is 3.95. The standard InChI is InChI=1S/C17H18N4O4/c1-11(25-14-7-5-4-6-12(14)8-18)15(22)20-13-9-19-21(10-13)17(2,3)16(23)24/h4-7,9-11H,1-3H3,(H,20,22)(H,23,24). The van der Waals surface area contributed by atoms with Crippen molar-refractivity contribution >= 4 is 17.6 Å². The molecule has 2 N–H and O–H groups in total. The van der Waals surface area contributed by atoms with Crippen LogP contribution in [0.3, 0.4) is 0 Å². The van der Waals surface area contributed by atoms with Gasteiger partial charge in [0.05, 0.1) is 17.4 Å². The van der Waals surface area contributed by atoms with Gasteiger partial charge < -0.3 is 15.2 Å². The summed E-state index contributed by atoms with van der Waals surface area (Å²) in [6, 6.07) is 8.61. The van der Waals surface area contributed by atoms with Gasteiger partial charge in [0.15, 0.2) is 11.6 Å². The zero-order valence-corrected chi connectivity index (χ0v) is 14.1. The molecule has 1 atom stereocenters. The highest BCUT2D eigenvalue weighted by molar-refractivity contribution is 5.94. The molecule has 8 nitrogen and oxygen atoms in total. The van der Waals surface area contributed by atoms with Gasteiger partial charge in [0.25, 0.3) is 5.91 Å². The van der Waals surface area contributed by atoms with Crippen LogP contribution >= 0.6 is 0 Å². The Balaban J connectivity index is 2.06. The van der Waals surface area contributed by atoms with E-state index in [1.54, 1.807) is 31.2 Å². The third-order valence-corrected chi connectivity index (χ3v) is 3.63. The maximum absolute atomic E-state index is 12.2. The predicted octanol–water partition coefficient (Wildman–Crippen LogP) is 1.98. The first-order valence-electron chi connectivity index (χ1n) is 7.51. The maximum atomic E-state index is 12.2. The van der Waals surface area contributed by atoms with Crippen molar-refractivity contribution in [1.82, 2.24) is 9.78 Å². The number of benzene rings is 1. The molecule has 25 heavy (non-hydrogen) atoms. The largest absolute Gasteiger partial charge is 0.480 e. The van der Waals surface area contributed by atoms with Gasteiger partial charge in [-0.25, -0.2) is 4.79 Å². The van der Waals surface area contributed by atoms with Gasteiger partial charge in [0.1, 0.15) is 11.8 Å². The van der Waals surface area contributed by atoms with Crippen LogP contribution in [-0.2, 0) is 15.1 Å². The van der Waals surface area contributed by atoms with E-state index in [1.807, 2.05) is 6.07 Å². The van der Waals surface area contributed by atoms with E-state index in [2.05, 4.69) is 10.4 Å². The molecule has 1 heterocycles. The Morgan fingerprint density at radius 1 is 1.40 bits per heavy atom. The second-order valence-corrected chi connectivity index (χ2v) is 5.90. The van der Waals surface area contributed by atoms with Crippen molar-refractivity contribution in [3.8, 4) is 11.8 Å². The molecule has 0 fully saturated rings. The van der Waals surface area contributed by atoms with Gasteiger partial charge in [-0.15, -0.1) is 0 Å². The Morgan fingerprint density at radius 3 is 2.72 bits per heavy atom. The van der Waals surface area contributed by atoms with Crippen molar-refractivity contribution in [3.05, 3.63) is 42.2 Å². The zero-order chi connectivity index (χ0) is 18.6. The average molecular weight is 342 g/mol. The van der Waals surface area contributed by atoms with E-state index < -0.39 is 23.5 Å². The minimum atomic E-state index is -1.24. The van der Waals surface area contributed by atoms with Gasteiger partial charge >= 0.3 is 5.97 Å². The Labute approximate surface area is 144 Å². The summed E-state index contributed by atoms with van der Waals surface area (Å²) in [5.41, 5.74) is -0.557. The summed E-state index contributed by atoms with van der Waals surface area (Å²) in [6.07, 6.45) is 1.94. The minimum Gasteiger partial charge on any atom is -0.480 e. The molecule has 2 rings (SSSR count). The maximum Gasteiger partial charge on any atom is 0.331 e. The number of rotatable bonds is 6. The van der Waals surface area contributed by atoms with Crippen LogP contribution < -0.4 is 10.1 Å². The molecule has 0 saturated carbocycles. The molecule has 8 heteroatoms. The van der Waals surface area contributed by atoms with Gasteiger partial charge in [-0.1, -0.05) is 12.1 Å². The number of hydrogen-bond donors (Lipinski definition) is 2. The number of carboxylic acid groups (broad SMARTS) is 1. The Morgan fingerprint density at radius 2 is 2.08 bits per heavy atom. The van der Waals surface area contributed by atoms with Gasteiger partial charge in [-0.2, -0.15) is 10.4 Å². The Hall–Kier alpha value is -3.34. The number of para-hydroxylation sites is 1. The zero-order valence-electron chi connectivity index (χ0n) is 14.1. The molecule has 0 aliphatic rings. The molecule has 0 radical (unpaired) electrons. The molecular weight excluding hydrogens is 324 g/mol. The number of nitriles is 1. The van der Waals surface area contributed by atoms with Gasteiger partial charge in [-0.05, 0) is 32.9 Å². The Bertz CT molecular complexity index is 835. The number of nitrogens with one attached hydrogen (secondary N) is 1. The second kappa shape index (κ2) is 7.05. The molecule has 0 saturated heterocycles. The second-order valence-electron chi connectivity index (χ2n) is 5.90. The molecule has 0 spiro atoms. The first kappa shape index (κ1) is 18.0. The summed E-state index contributed by atoms with van der Waals surface area (Å²) in [5, 5.41) is 24.8. The fourth-order valence-electron chi connectivity index (χ4n) is 1.94. The van der Waals surface area contributed by atoms with Crippen LogP contribution in [0, 0.1) is 11.3 Å². The smallest absolute Gasteiger partial charge is 0.331 e. The number of nitrogens with zero attached hydrogens (tertiary/aromatic N) is 3. The topological polar surface area (TPSA) is 117 Å². The van der Waals surface area contributed by atoms with Crippen molar-refractivity contribution in [3.63, 3.8) is 0 Å². The number of carboxylic acids is 1. The molecule has 0 aliphatic heterocycles. The Kier molecular flexibility index (Phi) is 5.08. The number of ether oxygens (including phenoxy) is 1. The van der Waals surface area contributed by atoms with Gasteiger partial charge in [0.2, 0.25) is 0 Å². The summed E-state index contributed by atoms with van der Waals surface area (Å²) < 4.78 is 6.78. The highest BCUT2D eigenvalue weighted by Gasteiger charge is 2.30. The fraction of sp³-hybridized carbons (Fsp3) is 0.294. The SMILES string of the molecule is CC(Oc1ccccc1C#N)C(=O)Nc1cnn(C(C)(C)C(=O)O)c1. The van der Waals surface area contributed by atoms with E-state index >= 15 is 0 Å². The van der Waals surface area contributed by atoms with E-state index in [0.29, 0.717) is 17.0 Å². The van der Waals surface area contributed by atoms with Crippen LogP contribution in [0.5, 0.6) is 5.75 Å². The number of carbonyl (C=O) groups is 2. The molecule has 1 amide bonds. The molecule has 0 aliphatic carbocycles. The predicted molar refractivity (Wildman–Crippen MR) is 89.1 cm³/mol. The van der Waals surface area contributed by atoms with Crippen molar-refractivity contribution < 1.29 is 19.4 Å². The molecule has 0 bridgehead atoms. The first-order valence-corrected chi connectivity index (χ1v) is 7.51. The monoisotopic (exact) mass is 342 g/mol. The molecule has 130 valence electrons. The summed E-state index contributed by atoms with van der Waals surface area (Å²) >= 11 is 0. The number of anilines is 1. The van der Waals surface area contributed by atoms with E-state index in [4.69, 9.17) is 10.00 Å². The fourth-order valence-corrected chi connectivity index (χ4v) is 1.94. The highest BCUT2D eigenvalue weighted by Crippen LogP contribution is 2.20. The quantitative estimate of drug-likeness (QED) is 0.829.